The third-order valence-corrected chi connectivity index (χ3v) is 7.95. The van der Waals surface area contributed by atoms with Gasteiger partial charge in [-0.15, -0.1) is 11.3 Å². The van der Waals surface area contributed by atoms with Crippen molar-refractivity contribution in [1.82, 2.24) is 9.29 Å². The van der Waals surface area contributed by atoms with Crippen molar-refractivity contribution in [2.24, 2.45) is 0 Å². The van der Waals surface area contributed by atoms with Gasteiger partial charge in [0.15, 0.2) is 12.4 Å². The minimum Gasteiger partial charge on any atom is -0.457 e. The van der Waals surface area contributed by atoms with Crippen LogP contribution in [-0.4, -0.2) is 49.2 Å². The third-order valence-electron chi connectivity index (χ3n) is 5.18. The van der Waals surface area contributed by atoms with Gasteiger partial charge in [0.2, 0.25) is 15.9 Å². The van der Waals surface area contributed by atoms with Crippen LogP contribution in [0.1, 0.15) is 34.7 Å². The summed E-state index contributed by atoms with van der Waals surface area (Å²) in [7, 11) is -3.54. The number of oxazole rings is 1. The van der Waals surface area contributed by atoms with Crippen LogP contribution in [0.25, 0.3) is 10.8 Å². The first kappa shape index (κ1) is 22.4. The minimum atomic E-state index is -3.54. The van der Waals surface area contributed by atoms with Crippen LogP contribution in [0.5, 0.6) is 0 Å². The zero-order chi connectivity index (χ0) is 22.7. The first-order chi connectivity index (χ1) is 15.3. The summed E-state index contributed by atoms with van der Waals surface area (Å²) in [6.45, 7) is 2.30. The molecule has 8 nitrogen and oxygen atoms in total. The van der Waals surface area contributed by atoms with Gasteiger partial charge < -0.3 is 9.15 Å². The highest BCUT2D eigenvalue weighted by atomic mass is 32.2. The predicted molar refractivity (Wildman–Crippen MR) is 118 cm³/mol. The number of esters is 1. The molecule has 0 atom stereocenters. The van der Waals surface area contributed by atoms with Gasteiger partial charge in [0.25, 0.3) is 0 Å². The summed E-state index contributed by atoms with van der Waals surface area (Å²) >= 11 is 1.48. The number of nitrogens with zero attached hydrogens (tertiary/aromatic N) is 2. The lowest BCUT2D eigenvalue weighted by atomic mass is 10.1. The molecule has 168 valence electrons. The van der Waals surface area contributed by atoms with E-state index in [1.807, 2.05) is 17.5 Å². The van der Waals surface area contributed by atoms with E-state index >= 15 is 0 Å². The molecule has 1 aromatic carbocycles. The van der Waals surface area contributed by atoms with E-state index in [1.165, 1.54) is 39.9 Å². The van der Waals surface area contributed by atoms with E-state index in [1.54, 1.807) is 6.92 Å². The summed E-state index contributed by atoms with van der Waals surface area (Å²) in [6, 6.07) is 9.45. The van der Waals surface area contributed by atoms with Gasteiger partial charge in [-0.25, -0.2) is 13.4 Å². The summed E-state index contributed by atoms with van der Waals surface area (Å²) in [5.41, 5.74) is 0.734. The number of aryl methyl sites for hydroxylation is 1. The van der Waals surface area contributed by atoms with Gasteiger partial charge in [0.05, 0.1) is 21.9 Å². The average molecular weight is 475 g/mol. The lowest BCUT2D eigenvalue weighted by Gasteiger charge is -2.15. The summed E-state index contributed by atoms with van der Waals surface area (Å²) in [5, 5.41) is 1.91. The quantitative estimate of drug-likeness (QED) is 0.363. The summed E-state index contributed by atoms with van der Waals surface area (Å²) in [6.07, 6.45) is 1.59. The molecule has 1 aliphatic heterocycles. The number of hydrogen-bond donors (Lipinski definition) is 0. The Labute approximate surface area is 189 Å². The Morgan fingerprint density at radius 3 is 2.53 bits per heavy atom. The number of rotatable bonds is 8. The highest BCUT2D eigenvalue weighted by Crippen LogP contribution is 2.26. The Kier molecular flexibility index (Phi) is 6.54. The van der Waals surface area contributed by atoms with Gasteiger partial charge in [-0.3, -0.25) is 9.59 Å². The zero-order valence-electron chi connectivity index (χ0n) is 17.4. The molecule has 1 aliphatic rings. The third kappa shape index (κ3) is 4.82. The molecule has 0 bridgehead atoms. The Morgan fingerprint density at radius 1 is 1.16 bits per heavy atom. The molecule has 0 spiro atoms. The van der Waals surface area contributed by atoms with Crippen LogP contribution in [0.2, 0.25) is 0 Å². The molecule has 32 heavy (non-hydrogen) atoms. The van der Waals surface area contributed by atoms with Crippen molar-refractivity contribution >= 4 is 33.1 Å². The van der Waals surface area contributed by atoms with Gasteiger partial charge in [0.1, 0.15) is 5.76 Å². The summed E-state index contributed by atoms with van der Waals surface area (Å²) in [4.78, 5) is 29.9. The van der Waals surface area contributed by atoms with E-state index in [-0.39, 0.29) is 16.9 Å². The molecule has 10 heteroatoms. The highest BCUT2D eigenvalue weighted by Gasteiger charge is 2.27. The first-order valence-corrected chi connectivity index (χ1v) is 12.5. The number of Topliss-reactive ketones (excluding diaryl/α,β-unsaturated/α-hetero) is 1. The SMILES string of the molecule is Cc1oc(-c2cccs2)nc1CC(=O)OCC(=O)c1ccc(S(=O)(=O)N2CCCC2)cc1. The molecule has 3 heterocycles. The van der Waals surface area contributed by atoms with Crippen LogP contribution >= 0.6 is 11.3 Å². The molecule has 2 aromatic heterocycles. The van der Waals surface area contributed by atoms with E-state index in [0.717, 1.165) is 17.7 Å². The fourth-order valence-corrected chi connectivity index (χ4v) is 5.57. The molecular formula is C22H22N2O6S2. The van der Waals surface area contributed by atoms with Crippen molar-refractivity contribution in [3.8, 4) is 10.8 Å². The van der Waals surface area contributed by atoms with Crippen LogP contribution in [0, 0.1) is 6.92 Å². The number of thiophene rings is 1. The van der Waals surface area contributed by atoms with Crippen LogP contribution in [0.4, 0.5) is 0 Å². The lowest BCUT2D eigenvalue weighted by Crippen LogP contribution is -2.27. The zero-order valence-corrected chi connectivity index (χ0v) is 19.1. The van der Waals surface area contributed by atoms with Gasteiger partial charge in [0, 0.05) is 18.7 Å². The van der Waals surface area contributed by atoms with Crippen LogP contribution in [-0.2, 0) is 26.0 Å². The van der Waals surface area contributed by atoms with Crippen molar-refractivity contribution in [3.05, 3.63) is 58.8 Å². The van der Waals surface area contributed by atoms with Crippen molar-refractivity contribution < 1.29 is 27.2 Å². The second kappa shape index (κ2) is 9.35. The minimum absolute atomic E-state index is 0.110. The molecule has 0 aliphatic carbocycles. The van der Waals surface area contributed by atoms with Crippen LogP contribution in [0.3, 0.4) is 0 Å². The number of sulfonamides is 1. The molecule has 1 saturated heterocycles. The Morgan fingerprint density at radius 2 is 1.88 bits per heavy atom. The smallest absolute Gasteiger partial charge is 0.312 e. The average Bonchev–Trinajstić information content (AvgIpc) is 3.55. The van der Waals surface area contributed by atoms with E-state index in [2.05, 4.69) is 4.98 Å². The number of benzene rings is 1. The van der Waals surface area contributed by atoms with Crippen LogP contribution < -0.4 is 0 Å². The fraction of sp³-hybridized carbons (Fsp3) is 0.318. The van der Waals surface area contributed by atoms with Crippen molar-refractivity contribution in [2.45, 2.75) is 31.1 Å². The topological polar surface area (TPSA) is 107 Å². The maximum atomic E-state index is 12.6. The van der Waals surface area contributed by atoms with Gasteiger partial charge in [-0.05, 0) is 55.5 Å². The number of ketones is 1. The Bertz CT molecular complexity index is 1210. The predicted octanol–water partition coefficient (Wildman–Crippen LogP) is 3.46. The van der Waals surface area contributed by atoms with E-state index in [0.29, 0.717) is 30.4 Å². The number of hydrogen-bond acceptors (Lipinski definition) is 8. The fourth-order valence-electron chi connectivity index (χ4n) is 3.41. The van der Waals surface area contributed by atoms with E-state index in [4.69, 9.17) is 9.15 Å². The van der Waals surface area contributed by atoms with Gasteiger partial charge in [-0.2, -0.15) is 4.31 Å². The monoisotopic (exact) mass is 474 g/mol. The highest BCUT2D eigenvalue weighted by molar-refractivity contribution is 7.89. The number of carbonyl (C=O) groups is 2. The standard InChI is InChI=1S/C22H22N2O6S2/c1-15-18(23-22(30-15)20-5-4-12-31-20)13-21(26)29-14-19(25)16-6-8-17(9-7-16)32(27,28)24-10-2-3-11-24/h4-9,12H,2-3,10-11,13-14H2,1H3. The lowest BCUT2D eigenvalue weighted by molar-refractivity contribution is -0.141. The molecule has 0 saturated carbocycles. The Hall–Kier alpha value is -2.82. The van der Waals surface area contributed by atoms with E-state index in [9.17, 15) is 18.0 Å². The normalized spacial score (nSPS) is 14.5. The molecule has 3 aromatic rings. The summed E-state index contributed by atoms with van der Waals surface area (Å²) < 4.78 is 37.3. The number of carbonyl (C=O) groups excluding carboxylic acids is 2. The van der Waals surface area contributed by atoms with Gasteiger partial charge in [-0.1, -0.05) is 6.07 Å². The maximum absolute atomic E-state index is 12.6. The van der Waals surface area contributed by atoms with Crippen molar-refractivity contribution in [2.75, 3.05) is 19.7 Å². The second-order valence-corrected chi connectivity index (χ2v) is 10.3. The molecule has 0 N–H and O–H groups in total. The summed E-state index contributed by atoms with van der Waals surface area (Å²) in [5.74, 6) is -0.0489. The maximum Gasteiger partial charge on any atom is 0.312 e. The molecular weight excluding hydrogens is 452 g/mol. The molecule has 4 rings (SSSR count). The Balaban J connectivity index is 1.33. The van der Waals surface area contributed by atoms with Crippen molar-refractivity contribution in [1.29, 1.82) is 0 Å². The molecule has 0 radical (unpaired) electrons. The number of ether oxygens (including phenoxy) is 1. The molecule has 0 unspecified atom stereocenters. The molecule has 0 amide bonds. The second-order valence-electron chi connectivity index (χ2n) is 7.40. The largest absolute Gasteiger partial charge is 0.457 e. The first-order valence-electron chi connectivity index (χ1n) is 10.1. The van der Waals surface area contributed by atoms with Crippen molar-refractivity contribution in [3.63, 3.8) is 0 Å². The number of aromatic nitrogens is 1. The molecule has 1 fully saturated rings. The van der Waals surface area contributed by atoms with Gasteiger partial charge >= 0.3 is 5.97 Å². The van der Waals surface area contributed by atoms with E-state index < -0.39 is 28.4 Å². The van der Waals surface area contributed by atoms with Crippen LogP contribution in [0.15, 0.2) is 51.1 Å².